The van der Waals surface area contributed by atoms with E-state index in [-0.39, 0.29) is 30.4 Å². The third-order valence-corrected chi connectivity index (χ3v) is 4.53. The van der Waals surface area contributed by atoms with Crippen LogP contribution >= 0.6 is 0 Å². The molecular weight excluding hydrogens is 308 g/mol. The van der Waals surface area contributed by atoms with E-state index in [1.54, 1.807) is 24.3 Å². The first-order valence-electron chi connectivity index (χ1n) is 8.26. The molecule has 2 N–H and O–H groups in total. The van der Waals surface area contributed by atoms with Crippen molar-refractivity contribution >= 4 is 17.5 Å². The molecule has 1 fully saturated rings. The zero-order valence-corrected chi connectivity index (χ0v) is 13.5. The highest BCUT2D eigenvalue weighted by Crippen LogP contribution is 2.35. The first-order valence-corrected chi connectivity index (χ1v) is 8.26. The number of fused-ring (bicyclic) bond motifs is 1. The minimum atomic E-state index is -0.0566. The zero-order valence-electron chi connectivity index (χ0n) is 13.5. The number of hydrogen-bond donors (Lipinski definition) is 2. The van der Waals surface area contributed by atoms with Crippen molar-refractivity contribution in [3.05, 3.63) is 30.9 Å². The van der Waals surface area contributed by atoms with E-state index in [9.17, 15) is 9.59 Å². The summed E-state index contributed by atoms with van der Waals surface area (Å²) in [5.41, 5.74) is 0.704. The molecule has 1 aromatic carbocycles. The van der Waals surface area contributed by atoms with E-state index in [1.165, 1.54) is 0 Å². The van der Waals surface area contributed by atoms with Crippen LogP contribution in [0.3, 0.4) is 0 Å². The summed E-state index contributed by atoms with van der Waals surface area (Å²) in [4.78, 5) is 24.4. The molecular formula is C18H22N2O4. The Morgan fingerprint density at radius 2 is 1.75 bits per heavy atom. The molecule has 2 amide bonds. The highest BCUT2D eigenvalue weighted by molar-refractivity contribution is 5.93. The van der Waals surface area contributed by atoms with Gasteiger partial charge in [-0.1, -0.05) is 6.08 Å². The number of ether oxygens (including phenoxy) is 2. The smallest absolute Gasteiger partial charge is 0.231 e. The molecule has 6 nitrogen and oxygen atoms in total. The Morgan fingerprint density at radius 3 is 2.46 bits per heavy atom. The van der Waals surface area contributed by atoms with Gasteiger partial charge in [0.15, 0.2) is 11.5 Å². The summed E-state index contributed by atoms with van der Waals surface area (Å²) in [6, 6.07) is 5.37. The number of nitrogens with one attached hydrogen (secondary N) is 2. The van der Waals surface area contributed by atoms with Crippen molar-refractivity contribution < 1.29 is 19.1 Å². The van der Waals surface area contributed by atoms with E-state index in [0.29, 0.717) is 23.7 Å². The highest BCUT2D eigenvalue weighted by Gasteiger charge is 2.29. The normalized spacial score (nSPS) is 21.8. The molecule has 0 aromatic heterocycles. The Kier molecular flexibility index (Phi) is 5.03. The van der Waals surface area contributed by atoms with Gasteiger partial charge in [-0.05, 0) is 37.8 Å². The Morgan fingerprint density at radius 1 is 1.08 bits per heavy atom. The van der Waals surface area contributed by atoms with Crippen LogP contribution in [0.5, 0.6) is 11.5 Å². The maximum absolute atomic E-state index is 12.4. The third kappa shape index (κ3) is 3.69. The first kappa shape index (κ1) is 16.4. The van der Waals surface area contributed by atoms with Gasteiger partial charge < -0.3 is 20.1 Å². The van der Waals surface area contributed by atoms with Crippen LogP contribution in [0.15, 0.2) is 30.9 Å². The molecule has 1 aromatic rings. The molecule has 0 bridgehead atoms. The molecule has 1 heterocycles. The molecule has 0 radical (unpaired) electrons. The fraction of sp³-hybridized carbons (Fsp3) is 0.444. The molecule has 1 saturated carbocycles. The van der Waals surface area contributed by atoms with Crippen LogP contribution in [0.2, 0.25) is 0 Å². The lowest BCUT2D eigenvalue weighted by Gasteiger charge is -2.27. The monoisotopic (exact) mass is 330 g/mol. The van der Waals surface area contributed by atoms with Gasteiger partial charge in [-0.3, -0.25) is 9.59 Å². The summed E-state index contributed by atoms with van der Waals surface area (Å²) in [6.07, 6.45) is 4.60. The van der Waals surface area contributed by atoms with Crippen molar-refractivity contribution in [2.45, 2.75) is 25.7 Å². The van der Waals surface area contributed by atoms with Gasteiger partial charge in [0.05, 0.1) is 0 Å². The Bertz CT molecular complexity index is 636. The van der Waals surface area contributed by atoms with Crippen molar-refractivity contribution in [3.63, 3.8) is 0 Å². The average Bonchev–Trinajstić information content (AvgIpc) is 3.07. The zero-order chi connectivity index (χ0) is 16.9. The van der Waals surface area contributed by atoms with Gasteiger partial charge in [-0.2, -0.15) is 0 Å². The molecule has 24 heavy (non-hydrogen) atoms. The van der Waals surface area contributed by atoms with E-state index in [4.69, 9.17) is 9.47 Å². The van der Waals surface area contributed by atoms with Gasteiger partial charge in [0.2, 0.25) is 18.6 Å². The predicted molar refractivity (Wildman–Crippen MR) is 89.8 cm³/mol. The van der Waals surface area contributed by atoms with Gasteiger partial charge in [0, 0.05) is 30.1 Å². The summed E-state index contributed by atoms with van der Waals surface area (Å²) in [6.45, 7) is 4.29. The fourth-order valence-electron chi connectivity index (χ4n) is 3.15. The van der Waals surface area contributed by atoms with Crippen LogP contribution in [-0.2, 0) is 9.59 Å². The quantitative estimate of drug-likeness (QED) is 0.813. The maximum atomic E-state index is 12.4. The second kappa shape index (κ2) is 7.38. The van der Waals surface area contributed by atoms with Gasteiger partial charge in [-0.25, -0.2) is 0 Å². The second-order valence-corrected chi connectivity index (χ2v) is 6.14. The highest BCUT2D eigenvalue weighted by atomic mass is 16.7. The second-order valence-electron chi connectivity index (χ2n) is 6.14. The minimum absolute atomic E-state index is 0.000423. The third-order valence-electron chi connectivity index (χ3n) is 4.53. The maximum Gasteiger partial charge on any atom is 0.231 e. The molecule has 3 rings (SSSR count). The van der Waals surface area contributed by atoms with Crippen molar-refractivity contribution in [1.82, 2.24) is 5.32 Å². The van der Waals surface area contributed by atoms with Crippen LogP contribution in [0, 0.1) is 11.8 Å². The van der Waals surface area contributed by atoms with Crippen LogP contribution in [0.25, 0.3) is 0 Å². The number of benzene rings is 1. The van der Waals surface area contributed by atoms with E-state index < -0.39 is 0 Å². The average molecular weight is 330 g/mol. The molecule has 128 valence electrons. The van der Waals surface area contributed by atoms with E-state index in [0.717, 1.165) is 25.7 Å². The lowest BCUT2D eigenvalue weighted by Crippen LogP contribution is -2.35. The lowest BCUT2D eigenvalue weighted by atomic mass is 9.81. The standard InChI is InChI=1S/C18H22N2O4/c1-2-9-19-17(21)12-3-5-13(6-4-12)18(22)20-14-7-8-15-16(10-14)24-11-23-15/h2,7-8,10,12-13H,1,3-6,9,11H2,(H,19,21)(H,20,22). The van der Waals surface area contributed by atoms with Crippen LogP contribution in [-0.4, -0.2) is 25.2 Å². The molecule has 6 heteroatoms. The molecule has 1 aliphatic carbocycles. The molecule has 0 saturated heterocycles. The van der Waals surface area contributed by atoms with Crippen LogP contribution in [0.4, 0.5) is 5.69 Å². The summed E-state index contributed by atoms with van der Waals surface area (Å²) in [5, 5.41) is 5.76. The Hall–Kier alpha value is -2.50. The van der Waals surface area contributed by atoms with Crippen molar-refractivity contribution in [1.29, 1.82) is 0 Å². The molecule has 0 spiro atoms. The summed E-state index contributed by atoms with van der Waals surface area (Å²) < 4.78 is 10.6. The summed E-state index contributed by atoms with van der Waals surface area (Å²) >= 11 is 0. The number of carbonyl (C=O) groups is 2. The van der Waals surface area contributed by atoms with Gasteiger partial charge in [0.25, 0.3) is 0 Å². The van der Waals surface area contributed by atoms with Crippen LogP contribution < -0.4 is 20.1 Å². The topological polar surface area (TPSA) is 76.7 Å². The number of anilines is 1. The minimum Gasteiger partial charge on any atom is -0.454 e. The summed E-state index contributed by atoms with van der Waals surface area (Å²) in [5.74, 6) is 1.34. The fourth-order valence-corrected chi connectivity index (χ4v) is 3.15. The molecule has 0 unspecified atom stereocenters. The van der Waals surface area contributed by atoms with Crippen molar-refractivity contribution in [2.24, 2.45) is 11.8 Å². The number of hydrogen-bond acceptors (Lipinski definition) is 4. The van der Waals surface area contributed by atoms with Crippen molar-refractivity contribution in [3.8, 4) is 11.5 Å². The number of rotatable bonds is 5. The van der Waals surface area contributed by atoms with Gasteiger partial charge in [-0.15, -0.1) is 6.58 Å². The molecule has 0 atom stereocenters. The first-order chi connectivity index (χ1) is 11.7. The number of carbonyl (C=O) groups excluding carboxylic acids is 2. The Balaban J connectivity index is 1.50. The Labute approximate surface area is 141 Å². The van der Waals surface area contributed by atoms with E-state index in [2.05, 4.69) is 17.2 Å². The summed E-state index contributed by atoms with van der Waals surface area (Å²) in [7, 11) is 0. The SMILES string of the molecule is C=CCNC(=O)C1CCC(C(=O)Nc2ccc3c(c2)OCO3)CC1. The van der Waals surface area contributed by atoms with E-state index >= 15 is 0 Å². The largest absolute Gasteiger partial charge is 0.454 e. The number of amides is 2. The van der Waals surface area contributed by atoms with Crippen molar-refractivity contribution in [2.75, 3.05) is 18.7 Å². The van der Waals surface area contributed by atoms with Crippen LogP contribution in [0.1, 0.15) is 25.7 Å². The van der Waals surface area contributed by atoms with Gasteiger partial charge >= 0.3 is 0 Å². The predicted octanol–water partition coefficient (Wildman–Crippen LogP) is 2.46. The molecule has 2 aliphatic rings. The lowest BCUT2D eigenvalue weighted by molar-refractivity contribution is -0.128. The van der Waals surface area contributed by atoms with E-state index in [1.807, 2.05) is 0 Å². The molecule has 1 aliphatic heterocycles. The van der Waals surface area contributed by atoms with Gasteiger partial charge in [0.1, 0.15) is 0 Å².